The summed E-state index contributed by atoms with van der Waals surface area (Å²) in [6.45, 7) is 1.26. The third-order valence-corrected chi connectivity index (χ3v) is 2.50. The van der Waals surface area contributed by atoms with Gasteiger partial charge in [-0.2, -0.15) is 23.0 Å². The van der Waals surface area contributed by atoms with Gasteiger partial charge in [-0.25, -0.2) is 4.79 Å². The molecule has 1 aromatic heterocycles. The molecule has 0 unspecified atom stereocenters. The van der Waals surface area contributed by atoms with Crippen LogP contribution in [0.15, 0.2) is 36.4 Å². The Hall–Kier alpha value is -2.31. The summed E-state index contributed by atoms with van der Waals surface area (Å²) < 4.78 is 43.2. The quantitative estimate of drug-likeness (QED) is 0.849. The van der Waals surface area contributed by atoms with Crippen molar-refractivity contribution in [3.63, 3.8) is 0 Å². The maximum Gasteiger partial charge on any atom is 0.435 e. The second kappa shape index (κ2) is 5.36. The number of hydrogen-bond donors (Lipinski definition) is 0. The molecule has 2 rings (SSSR count). The van der Waals surface area contributed by atoms with E-state index in [1.807, 2.05) is 0 Å². The molecular weight excluding hydrogens is 273 g/mol. The van der Waals surface area contributed by atoms with E-state index >= 15 is 0 Å². The molecule has 7 heteroatoms. The lowest BCUT2D eigenvalue weighted by Gasteiger charge is -2.09. The van der Waals surface area contributed by atoms with Crippen molar-refractivity contribution < 1.29 is 22.7 Å². The average Bonchev–Trinajstić information content (AvgIpc) is 2.79. The zero-order chi connectivity index (χ0) is 14.8. The van der Waals surface area contributed by atoms with E-state index in [-0.39, 0.29) is 17.0 Å². The van der Waals surface area contributed by atoms with Gasteiger partial charge in [-0.1, -0.05) is 30.3 Å². The van der Waals surface area contributed by atoms with Crippen LogP contribution in [0.3, 0.4) is 0 Å². The molecular formula is C13H11F3N2O2. The Morgan fingerprint density at radius 2 is 1.95 bits per heavy atom. The highest BCUT2D eigenvalue weighted by Crippen LogP contribution is 2.29. The van der Waals surface area contributed by atoms with Crippen LogP contribution in [0, 0.1) is 6.92 Å². The minimum atomic E-state index is -4.66. The lowest BCUT2D eigenvalue weighted by Crippen LogP contribution is -2.22. The molecule has 0 fully saturated rings. The first-order valence-corrected chi connectivity index (χ1v) is 5.73. The molecule has 0 spiro atoms. The van der Waals surface area contributed by atoms with Gasteiger partial charge in [0.05, 0.1) is 5.69 Å². The number of carbonyl (C=O) groups is 1. The molecule has 0 radical (unpaired) electrons. The zero-order valence-electron chi connectivity index (χ0n) is 10.5. The van der Waals surface area contributed by atoms with Crippen LogP contribution in [-0.2, 0) is 17.5 Å². The van der Waals surface area contributed by atoms with Crippen LogP contribution in [-0.4, -0.2) is 15.9 Å². The van der Waals surface area contributed by atoms with Crippen molar-refractivity contribution in [2.75, 3.05) is 0 Å². The maximum atomic E-state index is 12.7. The molecule has 106 valence electrons. The molecule has 0 N–H and O–H groups in total. The maximum absolute atomic E-state index is 12.7. The topological polar surface area (TPSA) is 44.1 Å². The van der Waals surface area contributed by atoms with Crippen LogP contribution >= 0.6 is 0 Å². The first kappa shape index (κ1) is 14.1. The molecule has 0 aliphatic heterocycles. The van der Waals surface area contributed by atoms with E-state index in [0.29, 0.717) is 5.56 Å². The fourth-order valence-electron chi connectivity index (χ4n) is 1.62. The Kier molecular flexibility index (Phi) is 3.78. The number of nitrogens with zero attached hydrogens (tertiary/aromatic N) is 2. The molecule has 0 saturated carbocycles. The summed E-state index contributed by atoms with van der Waals surface area (Å²) in [5.74, 6) is 0. The minimum absolute atomic E-state index is 0.0917. The number of aromatic nitrogens is 2. The fraction of sp³-hybridized carbons (Fsp3) is 0.231. The van der Waals surface area contributed by atoms with Gasteiger partial charge in [-0.3, -0.25) is 0 Å². The Bertz CT molecular complexity index is 606. The molecule has 0 bridgehead atoms. The van der Waals surface area contributed by atoms with E-state index < -0.39 is 18.0 Å². The van der Waals surface area contributed by atoms with Gasteiger partial charge < -0.3 is 4.74 Å². The van der Waals surface area contributed by atoms with Gasteiger partial charge >= 0.3 is 12.3 Å². The highest BCUT2D eigenvalue weighted by molar-refractivity contribution is 5.70. The van der Waals surface area contributed by atoms with Crippen molar-refractivity contribution in [3.05, 3.63) is 53.3 Å². The van der Waals surface area contributed by atoms with Crippen LogP contribution < -0.4 is 0 Å². The van der Waals surface area contributed by atoms with E-state index in [4.69, 9.17) is 4.74 Å². The molecule has 0 aliphatic rings. The predicted octanol–water partition coefficient (Wildman–Crippen LogP) is 3.40. The Balaban J connectivity index is 2.14. The van der Waals surface area contributed by atoms with E-state index in [1.165, 1.54) is 6.92 Å². The molecule has 0 amide bonds. The Morgan fingerprint density at radius 3 is 2.55 bits per heavy atom. The highest BCUT2D eigenvalue weighted by Gasteiger charge is 2.37. The zero-order valence-corrected chi connectivity index (χ0v) is 10.5. The van der Waals surface area contributed by atoms with Crippen molar-refractivity contribution in [1.29, 1.82) is 0 Å². The molecule has 0 atom stereocenters. The predicted molar refractivity (Wildman–Crippen MR) is 64.0 cm³/mol. The number of halogens is 3. The van der Waals surface area contributed by atoms with E-state index in [9.17, 15) is 18.0 Å². The van der Waals surface area contributed by atoms with E-state index in [1.54, 1.807) is 30.3 Å². The first-order valence-electron chi connectivity index (χ1n) is 5.73. The molecule has 0 aliphatic carbocycles. The molecule has 2 aromatic rings. The molecule has 20 heavy (non-hydrogen) atoms. The lowest BCUT2D eigenvalue weighted by molar-refractivity contribution is -0.143. The summed E-state index contributed by atoms with van der Waals surface area (Å²) in [6.07, 6.45) is -5.82. The number of carbonyl (C=O) groups excluding carboxylic acids is 1. The van der Waals surface area contributed by atoms with Crippen LogP contribution in [0.25, 0.3) is 0 Å². The summed E-state index contributed by atoms with van der Waals surface area (Å²) in [4.78, 5) is 11.7. The van der Waals surface area contributed by atoms with Gasteiger partial charge in [0, 0.05) is 0 Å². The number of benzene rings is 1. The largest absolute Gasteiger partial charge is 0.443 e. The summed E-state index contributed by atoms with van der Waals surface area (Å²) in [5.41, 5.74) is -0.375. The summed E-state index contributed by atoms with van der Waals surface area (Å²) in [6, 6.07) is 9.46. The van der Waals surface area contributed by atoms with Crippen LogP contribution in [0.2, 0.25) is 0 Å². The normalized spacial score (nSPS) is 11.4. The molecule has 4 nitrogen and oxygen atoms in total. The van der Waals surface area contributed by atoms with Gasteiger partial charge in [-0.15, -0.1) is 0 Å². The average molecular weight is 284 g/mol. The third kappa shape index (κ3) is 3.17. The van der Waals surface area contributed by atoms with Crippen molar-refractivity contribution in [2.24, 2.45) is 0 Å². The van der Waals surface area contributed by atoms with Crippen molar-refractivity contribution in [2.45, 2.75) is 19.7 Å². The van der Waals surface area contributed by atoms with Crippen molar-refractivity contribution in [1.82, 2.24) is 9.78 Å². The smallest absolute Gasteiger partial charge is 0.435 e. The van der Waals surface area contributed by atoms with Crippen LogP contribution in [0.5, 0.6) is 0 Å². The first-order chi connectivity index (χ1) is 9.38. The number of aryl methyl sites for hydroxylation is 1. The summed E-state index contributed by atoms with van der Waals surface area (Å²) in [7, 11) is 0. The van der Waals surface area contributed by atoms with E-state index in [2.05, 4.69) is 5.10 Å². The van der Waals surface area contributed by atoms with E-state index in [0.717, 1.165) is 6.07 Å². The molecule has 1 aromatic carbocycles. The van der Waals surface area contributed by atoms with Crippen molar-refractivity contribution >= 4 is 6.09 Å². The standard InChI is InChI=1S/C13H11F3N2O2/c1-9-7-11(13(14,15)16)18(17-9)12(19)20-8-10-5-3-2-4-6-10/h2-7H,8H2,1H3. The van der Waals surface area contributed by atoms with Gasteiger partial charge in [-0.05, 0) is 18.6 Å². The molecule has 0 saturated heterocycles. The Labute approximate surface area is 112 Å². The minimum Gasteiger partial charge on any atom is -0.443 e. The highest BCUT2D eigenvalue weighted by atomic mass is 19.4. The van der Waals surface area contributed by atoms with Gasteiger partial charge in [0.2, 0.25) is 0 Å². The van der Waals surface area contributed by atoms with Gasteiger partial charge in [0.15, 0.2) is 5.69 Å². The lowest BCUT2D eigenvalue weighted by atomic mass is 10.2. The number of ether oxygens (including phenoxy) is 1. The van der Waals surface area contributed by atoms with Gasteiger partial charge in [0.1, 0.15) is 6.61 Å². The summed E-state index contributed by atoms with van der Waals surface area (Å²) in [5, 5.41) is 3.51. The summed E-state index contributed by atoms with van der Waals surface area (Å²) >= 11 is 0. The second-order valence-corrected chi connectivity index (χ2v) is 4.12. The van der Waals surface area contributed by atoms with Crippen LogP contribution in [0.4, 0.5) is 18.0 Å². The monoisotopic (exact) mass is 284 g/mol. The number of rotatable bonds is 2. The van der Waals surface area contributed by atoms with Gasteiger partial charge in [0.25, 0.3) is 0 Å². The van der Waals surface area contributed by atoms with Crippen molar-refractivity contribution in [3.8, 4) is 0 Å². The number of alkyl halides is 3. The third-order valence-electron chi connectivity index (χ3n) is 2.50. The Morgan fingerprint density at radius 1 is 1.30 bits per heavy atom. The fourth-order valence-corrected chi connectivity index (χ4v) is 1.62. The SMILES string of the molecule is Cc1cc(C(F)(F)F)n(C(=O)OCc2ccccc2)n1. The molecule has 1 heterocycles. The number of hydrogen-bond acceptors (Lipinski definition) is 3. The van der Waals surface area contributed by atoms with Crippen LogP contribution in [0.1, 0.15) is 17.0 Å². The second-order valence-electron chi connectivity index (χ2n) is 4.12.